The first-order valence-electron chi connectivity index (χ1n) is 11.1. The molecule has 7 nitrogen and oxygen atoms in total. The van der Waals surface area contributed by atoms with Gasteiger partial charge >= 0.3 is 0 Å². The topological polar surface area (TPSA) is 76.7 Å². The molecule has 7 heteroatoms. The van der Waals surface area contributed by atoms with Crippen LogP contribution in [0.15, 0.2) is 43.0 Å². The maximum Gasteiger partial charge on any atom is 0.168 e. The molecular formula is C25H29N5O2. The van der Waals surface area contributed by atoms with E-state index < -0.39 is 0 Å². The number of piperidine rings is 1. The summed E-state index contributed by atoms with van der Waals surface area (Å²) in [6.07, 6.45) is 11.5. The van der Waals surface area contributed by atoms with Crippen molar-refractivity contribution in [1.82, 2.24) is 14.9 Å². The Morgan fingerprint density at radius 1 is 1.16 bits per heavy atom. The molecule has 1 saturated heterocycles. The van der Waals surface area contributed by atoms with Crippen molar-refractivity contribution in [3.8, 4) is 11.5 Å². The summed E-state index contributed by atoms with van der Waals surface area (Å²) in [6, 6.07) is 6.19. The number of rotatable bonds is 5. The second kappa shape index (κ2) is 8.67. The van der Waals surface area contributed by atoms with Gasteiger partial charge in [0.1, 0.15) is 0 Å². The maximum absolute atomic E-state index is 6.60. The van der Waals surface area contributed by atoms with Crippen LogP contribution >= 0.6 is 0 Å². The average molecular weight is 432 g/mol. The first-order valence-corrected chi connectivity index (χ1v) is 11.1. The average Bonchev–Trinajstić information content (AvgIpc) is 2.83. The second-order valence-electron chi connectivity index (χ2n) is 8.62. The van der Waals surface area contributed by atoms with E-state index in [0.717, 1.165) is 70.8 Å². The van der Waals surface area contributed by atoms with Crippen molar-refractivity contribution in [3.63, 3.8) is 0 Å². The first-order chi connectivity index (χ1) is 15.6. The van der Waals surface area contributed by atoms with E-state index in [1.807, 2.05) is 24.4 Å². The van der Waals surface area contributed by atoms with E-state index in [2.05, 4.69) is 32.9 Å². The summed E-state index contributed by atoms with van der Waals surface area (Å²) < 4.78 is 12.1. The van der Waals surface area contributed by atoms with E-state index in [4.69, 9.17) is 15.2 Å². The molecule has 3 heterocycles. The van der Waals surface area contributed by atoms with Gasteiger partial charge in [-0.1, -0.05) is 0 Å². The molecule has 0 spiro atoms. The van der Waals surface area contributed by atoms with Gasteiger partial charge in [-0.2, -0.15) is 0 Å². The zero-order valence-corrected chi connectivity index (χ0v) is 18.6. The second-order valence-corrected chi connectivity index (χ2v) is 8.62. The standard InChI is InChI=1S/C25H29N5O2/c1-29-10-5-17(6-11-29)16-32-22-4-3-20-21(25(22)31-2)13-18-15-30(12-7-19(18)24(20)26)23-14-27-8-9-28-23/h3-4,7-9,12-14,17H,5-6,10-11,15-16,26H2,1-2H3. The third-order valence-electron chi connectivity index (χ3n) is 6.53. The fourth-order valence-corrected chi connectivity index (χ4v) is 4.61. The minimum Gasteiger partial charge on any atom is -0.492 e. The molecule has 32 heavy (non-hydrogen) atoms. The van der Waals surface area contributed by atoms with Crippen LogP contribution in [0.3, 0.4) is 0 Å². The van der Waals surface area contributed by atoms with Crippen molar-refractivity contribution in [2.24, 2.45) is 5.92 Å². The zero-order valence-electron chi connectivity index (χ0n) is 18.6. The number of benzene rings is 2. The minimum atomic E-state index is 0.575. The number of ether oxygens (including phenoxy) is 2. The smallest absolute Gasteiger partial charge is 0.168 e. The van der Waals surface area contributed by atoms with Crippen LogP contribution in [0.1, 0.15) is 24.0 Å². The van der Waals surface area contributed by atoms with Gasteiger partial charge in [0.05, 0.1) is 19.9 Å². The monoisotopic (exact) mass is 431 g/mol. The maximum atomic E-state index is 6.60. The van der Waals surface area contributed by atoms with E-state index >= 15 is 0 Å². The minimum absolute atomic E-state index is 0.575. The van der Waals surface area contributed by atoms with Crippen molar-refractivity contribution in [2.45, 2.75) is 19.4 Å². The molecule has 166 valence electrons. The van der Waals surface area contributed by atoms with Crippen LogP contribution in [-0.4, -0.2) is 48.7 Å². The van der Waals surface area contributed by atoms with Crippen LogP contribution < -0.4 is 20.1 Å². The number of fused-ring (bicyclic) bond motifs is 2. The summed E-state index contributed by atoms with van der Waals surface area (Å²) in [5.41, 5.74) is 9.52. The van der Waals surface area contributed by atoms with Crippen LogP contribution in [0.4, 0.5) is 11.5 Å². The van der Waals surface area contributed by atoms with E-state index in [9.17, 15) is 0 Å². The van der Waals surface area contributed by atoms with Crippen molar-refractivity contribution in [3.05, 3.63) is 54.1 Å². The number of nitrogens with zero attached hydrogens (tertiary/aromatic N) is 4. The van der Waals surface area contributed by atoms with Crippen LogP contribution in [0.25, 0.3) is 16.8 Å². The van der Waals surface area contributed by atoms with Gasteiger partial charge in [0.2, 0.25) is 0 Å². The van der Waals surface area contributed by atoms with Crippen LogP contribution in [0.2, 0.25) is 0 Å². The molecular weight excluding hydrogens is 402 g/mol. The molecule has 2 N–H and O–H groups in total. The molecule has 0 amide bonds. The molecule has 0 bridgehead atoms. The van der Waals surface area contributed by atoms with E-state index in [-0.39, 0.29) is 0 Å². The molecule has 0 unspecified atom stereocenters. The Morgan fingerprint density at radius 2 is 2.00 bits per heavy atom. The number of anilines is 2. The summed E-state index contributed by atoms with van der Waals surface area (Å²) in [5, 5.41) is 1.95. The van der Waals surface area contributed by atoms with Crippen molar-refractivity contribution in [1.29, 1.82) is 0 Å². The van der Waals surface area contributed by atoms with Crippen molar-refractivity contribution < 1.29 is 9.47 Å². The van der Waals surface area contributed by atoms with E-state index in [1.165, 1.54) is 0 Å². The molecule has 0 saturated carbocycles. The van der Waals surface area contributed by atoms with Gasteiger partial charge in [-0.3, -0.25) is 4.98 Å². The number of nitrogen functional groups attached to an aromatic ring is 1. The zero-order chi connectivity index (χ0) is 22.1. The van der Waals surface area contributed by atoms with E-state index in [1.54, 1.807) is 25.7 Å². The van der Waals surface area contributed by atoms with Gasteiger partial charge in [-0.25, -0.2) is 4.98 Å². The Bertz CT molecular complexity index is 1140. The van der Waals surface area contributed by atoms with Crippen LogP contribution in [-0.2, 0) is 6.54 Å². The van der Waals surface area contributed by atoms with Crippen molar-refractivity contribution in [2.75, 3.05) is 44.5 Å². The summed E-state index contributed by atoms with van der Waals surface area (Å²) >= 11 is 0. The van der Waals surface area contributed by atoms with Gasteiger partial charge in [0.25, 0.3) is 0 Å². The lowest BCUT2D eigenvalue weighted by Gasteiger charge is -2.29. The lowest BCUT2D eigenvalue weighted by Crippen LogP contribution is -2.32. The molecule has 2 aliphatic heterocycles. The Morgan fingerprint density at radius 3 is 2.75 bits per heavy atom. The first kappa shape index (κ1) is 20.6. The quantitative estimate of drug-likeness (QED) is 0.613. The lowest BCUT2D eigenvalue weighted by atomic mass is 9.95. The highest BCUT2D eigenvalue weighted by molar-refractivity contribution is 6.02. The molecule has 1 aromatic heterocycles. The molecule has 3 aromatic rings. The fourth-order valence-electron chi connectivity index (χ4n) is 4.61. The Kier molecular flexibility index (Phi) is 5.57. The van der Waals surface area contributed by atoms with Gasteiger partial charge in [-0.05, 0) is 68.7 Å². The van der Waals surface area contributed by atoms with E-state index in [0.29, 0.717) is 19.1 Å². The summed E-state index contributed by atoms with van der Waals surface area (Å²) in [6.45, 7) is 3.62. The molecule has 0 aliphatic carbocycles. The lowest BCUT2D eigenvalue weighted by molar-refractivity contribution is 0.157. The summed E-state index contributed by atoms with van der Waals surface area (Å²) in [5.74, 6) is 2.89. The number of hydrogen-bond donors (Lipinski definition) is 1. The molecule has 1 fully saturated rings. The highest BCUT2D eigenvalue weighted by Gasteiger charge is 2.22. The Labute approximate surface area is 188 Å². The third kappa shape index (κ3) is 3.84. The van der Waals surface area contributed by atoms with Crippen molar-refractivity contribution >= 4 is 28.4 Å². The largest absolute Gasteiger partial charge is 0.492 e. The predicted octanol–water partition coefficient (Wildman–Crippen LogP) is 3.93. The number of methoxy groups -OCH3 is 1. The number of nitrogens with two attached hydrogens (primary N) is 1. The van der Waals surface area contributed by atoms with Gasteiger partial charge < -0.3 is 25.0 Å². The Hall–Kier alpha value is -3.32. The van der Waals surface area contributed by atoms with Gasteiger partial charge in [0, 0.05) is 47.2 Å². The van der Waals surface area contributed by atoms with Crippen LogP contribution in [0.5, 0.6) is 11.5 Å². The normalized spacial score (nSPS) is 16.9. The summed E-state index contributed by atoms with van der Waals surface area (Å²) in [7, 11) is 3.87. The number of hydrogen-bond acceptors (Lipinski definition) is 7. The Balaban J connectivity index is 1.46. The third-order valence-corrected chi connectivity index (χ3v) is 6.53. The SMILES string of the molecule is COc1c(OCC2CCN(C)CC2)ccc2c(N)c3c(cc12)CN(c1cnccn1)C=C3. The fraction of sp³-hybridized carbons (Fsp3) is 0.360. The predicted molar refractivity (Wildman–Crippen MR) is 128 cm³/mol. The number of likely N-dealkylation sites (tertiary alicyclic amines) is 1. The molecule has 2 aromatic carbocycles. The molecule has 2 aliphatic rings. The molecule has 0 atom stereocenters. The molecule has 5 rings (SSSR count). The van der Waals surface area contributed by atoms with Gasteiger partial charge in [-0.15, -0.1) is 0 Å². The molecule has 0 radical (unpaired) electrons. The van der Waals surface area contributed by atoms with Gasteiger partial charge in [0.15, 0.2) is 17.3 Å². The summed E-state index contributed by atoms with van der Waals surface area (Å²) in [4.78, 5) is 13.0. The highest BCUT2D eigenvalue weighted by Crippen LogP contribution is 2.42. The number of aromatic nitrogens is 2. The van der Waals surface area contributed by atoms with Crippen LogP contribution in [0, 0.1) is 5.92 Å². The highest BCUT2D eigenvalue weighted by atomic mass is 16.5.